The molecule has 1 aliphatic rings. The van der Waals surface area contributed by atoms with E-state index in [9.17, 15) is 4.79 Å². The summed E-state index contributed by atoms with van der Waals surface area (Å²) >= 11 is 1.57. The zero-order valence-electron chi connectivity index (χ0n) is 14.8. The van der Waals surface area contributed by atoms with Crippen LogP contribution in [-0.2, 0) is 6.42 Å². The van der Waals surface area contributed by atoms with E-state index >= 15 is 0 Å². The first-order chi connectivity index (χ1) is 12.3. The molecule has 1 fully saturated rings. The van der Waals surface area contributed by atoms with Gasteiger partial charge in [-0.1, -0.05) is 19.4 Å². The van der Waals surface area contributed by atoms with Crippen LogP contribution in [0.15, 0.2) is 29.9 Å². The number of thiazole rings is 1. The van der Waals surface area contributed by atoms with Gasteiger partial charge in [0.15, 0.2) is 0 Å². The highest BCUT2D eigenvalue weighted by Crippen LogP contribution is 2.23. The summed E-state index contributed by atoms with van der Waals surface area (Å²) in [6, 6.07) is 4.23. The standard InChI is InChI=1S/C19H26N4OS/c1-2-7-18-22-16(14-25-18)19(24)21-13-17(15-8-6-9-20-12-15)23-10-4-3-5-11-23/h6,8-9,12,14,17H,2-5,7,10-11,13H2,1H3,(H,21,24)/t17-/m0/s1. The second kappa shape index (κ2) is 9.06. The minimum absolute atomic E-state index is 0.0792. The van der Waals surface area contributed by atoms with Crippen molar-refractivity contribution in [2.45, 2.75) is 45.1 Å². The topological polar surface area (TPSA) is 58.1 Å². The average Bonchev–Trinajstić information content (AvgIpc) is 3.13. The number of pyridine rings is 1. The number of hydrogen-bond donors (Lipinski definition) is 1. The third-order valence-corrected chi connectivity index (χ3v) is 5.51. The number of aryl methyl sites for hydroxylation is 1. The Morgan fingerprint density at radius 2 is 2.20 bits per heavy atom. The maximum absolute atomic E-state index is 12.5. The smallest absolute Gasteiger partial charge is 0.270 e. The number of piperidine rings is 1. The Kier molecular flexibility index (Phi) is 6.53. The largest absolute Gasteiger partial charge is 0.349 e. The lowest BCUT2D eigenvalue weighted by molar-refractivity contribution is 0.0920. The SMILES string of the molecule is CCCc1nc(C(=O)NC[C@@H](c2cccnc2)N2CCCCC2)cs1. The lowest BCUT2D eigenvalue weighted by Gasteiger charge is -2.34. The third kappa shape index (κ3) is 4.86. The summed E-state index contributed by atoms with van der Waals surface area (Å²) in [4.78, 5) is 23.6. The number of nitrogens with zero attached hydrogens (tertiary/aromatic N) is 3. The lowest BCUT2D eigenvalue weighted by atomic mass is 10.0. The fourth-order valence-corrected chi connectivity index (χ4v) is 4.17. The Labute approximate surface area is 153 Å². The zero-order chi connectivity index (χ0) is 17.5. The predicted octanol–water partition coefficient (Wildman–Crippen LogP) is 3.45. The molecule has 0 bridgehead atoms. The normalized spacial score (nSPS) is 16.5. The van der Waals surface area contributed by atoms with Crippen LogP contribution in [0.25, 0.3) is 0 Å². The first-order valence-corrected chi connectivity index (χ1v) is 10.0. The van der Waals surface area contributed by atoms with Crippen molar-refractivity contribution in [3.63, 3.8) is 0 Å². The van der Waals surface area contributed by atoms with Crippen molar-refractivity contribution in [3.8, 4) is 0 Å². The van der Waals surface area contributed by atoms with E-state index in [1.807, 2.05) is 17.6 Å². The molecule has 0 saturated carbocycles. The molecule has 1 atom stereocenters. The number of amides is 1. The molecule has 134 valence electrons. The van der Waals surface area contributed by atoms with Crippen LogP contribution in [0.2, 0.25) is 0 Å². The minimum atomic E-state index is -0.0792. The Hall–Kier alpha value is -1.79. The van der Waals surface area contributed by atoms with Crippen molar-refractivity contribution < 1.29 is 4.79 Å². The molecular formula is C19H26N4OS. The third-order valence-electron chi connectivity index (χ3n) is 4.60. The molecule has 1 amide bonds. The molecule has 0 radical (unpaired) electrons. The maximum Gasteiger partial charge on any atom is 0.270 e. The van der Waals surface area contributed by atoms with Gasteiger partial charge in [-0.05, 0) is 50.4 Å². The molecule has 0 aromatic carbocycles. The van der Waals surface area contributed by atoms with E-state index in [1.165, 1.54) is 19.3 Å². The van der Waals surface area contributed by atoms with Gasteiger partial charge in [0.25, 0.3) is 5.91 Å². The average molecular weight is 359 g/mol. The summed E-state index contributed by atoms with van der Waals surface area (Å²) in [5.41, 5.74) is 1.70. The second-order valence-electron chi connectivity index (χ2n) is 6.49. The van der Waals surface area contributed by atoms with Crippen molar-refractivity contribution in [1.82, 2.24) is 20.2 Å². The molecule has 2 aromatic heterocycles. The molecule has 3 heterocycles. The van der Waals surface area contributed by atoms with Gasteiger partial charge in [-0.15, -0.1) is 11.3 Å². The zero-order valence-corrected chi connectivity index (χ0v) is 15.6. The van der Waals surface area contributed by atoms with Crippen LogP contribution < -0.4 is 5.32 Å². The van der Waals surface area contributed by atoms with E-state index in [0.29, 0.717) is 12.2 Å². The van der Waals surface area contributed by atoms with Crippen molar-refractivity contribution in [2.75, 3.05) is 19.6 Å². The van der Waals surface area contributed by atoms with Crippen molar-refractivity contribution in [2.24, 2.45) is 0 Å². The molecule has 25 heavy (non-hydrogen) atoms. The summed E-state index contributed by atoms with van der Waals surface area (Å²) in [7, 11) is 0. The van der Waals surface area contributed by atoms with Crippen LogP contribution in [0.4, 0.5) is 0 Å². The van der Waals surface area contributed by atoms with Gasteiger partial charge in [-0.2, -0.15) is 0 Å². The molecule has 1 saturated heterocycles. The Bertz CT molecular complexity index is 667. The Morgan fingerprint density at radius 3 is 2.92 bits per heavy atom. The summed E-state index contributed by atoms with van der Waals surface area (Å²) < 4.78 is 0. The van der Waals surface area contributed by atoms with Crippen LogP contribution in [-0.4, -0.2) is 40.4 Å². The van der Waals surface area contributed by atoms with Gasteiger partial charge >= 0.3 is 0 Å². The molecule has 0 unspecified atom stereocenters. The van der Waals surface area contributed by atoms with Crippen LogP contribution in [0.5, 0.6) is 0 Å². The fraction of sp³-hybridized carbons (Fsp3) is 0.526. The van der Waals surface area contributed by atoms with Gasteiger partial charge < -0.3 is 5.32 Å². The molecule has 1 aliphatic heterocycles. The maximum atomic E-state index is 12.5. The van der Waals surface area contributed by atoms with Crippen molar-refractivity contribution in [1.29, 1.82) is 0 Å². The molecule has 0 aliphatic carbocycles. The second-order valence-corrected chi connectivity index (χ2v) is 7.43. The van der Waals surface area contributed by atoms with Gasteiger partial charge in [0.05, 0.1) is 11.0 Å². The van der Waals surface area contributed by atoms with Gasteiger partial charge in [0.1, 0.15) is 5.69 Å². The molecular weight excluding hydrogens is 332 g/mol. The summed E-state index contributed by atoms with van der Waals surface area (Å²) in [5.74, 6) is -0.0792. The van der Waals surface area contributed by atoms with Crippen LogP contribution in [0.3, 0.4) is 0 Å². The van der Waals surface area contributed by atoms with Gasteiger partial charge in [-0.3, -0.25) is 14.7 Å². The molecule has 2 aromatic rings. The number of rotatable bonds is 7. The van der Waals surface area contributed by atoms with Gasteiger partial charge in [-0.25, -0.2) is 4.98 Å². The number of nitrogens with one attached hydrogen (secondary N) is 1. The lowest BCUT2D eigenvalue weighted by Crippen LogP contribution is -2.40. The number of carbonyl (C=O) groups excluding carboxylic acids is 1. The number of hydrogen-bond acceptors (Lipinski definition) is 5. The number of carbonyl (C=O) groups is 1. The van der Waals surface area contributed by atoms with Crippen molar-refractivity contribution >= 4 is 17.2 Å². The highest BCUT2D eigenvalue weighted by atomic mass is 32.1. The van der Waals surface area contributed by atoms with E-state index in [0.717, 1.165) is 36.5 Å². The highest BCUT2D eigenvalue weighted by molar-refractivity contribution is 7.09. The van der Waals surface area contributed by atoms with Crippen molar-refractivity contribution in [3.05, 3.63) is 46.2 Å². The monoisotopic (exact) mass is 358 g/mol. The van der Waals surface area contributed by atoms with E-state index in [4.69, 9.17) is 0 Å². The molecule has 5 nitrogen and oxygen atoms in total. The Balaban J connectivity index is 1.66. The van der Waals surface area contributed by atoms with Crippen LogP contribution in [0.1, 0.15) is 59.7 Å². The van der Waals surface area contributed by atoms with Gasteiger partial charge in [0.2, 0.25) is 0 Å². The summed E-state index contributed by atoms with van der Waals surface area (Å²) in [6.07, 6.45) is 9.42. The molecule has 3 rings (SSSR count). The van der Waals surface area contributed by atoms with E-state index in [2.05, 4.69) is 33.2 Å². The molecule has 6 heteroatoms. The number of likely N-dealkylation sites (tertiary alicyclic amines) is 1. The minimum Gasteiger partial charge on any atom is -0.349 e. The molecule has 1 N–H and O–H groups in total. The van der Waals surface area contributed by atoms with E-state index < -0.39 is 0 Å². The number of aromatic nitrogens is 2. The summed E-state index contributed by atoms with van der Waals surface area (Å²) in [5, 5.41) is 5.98. The first-order valence-electron chi connectivity index (χ1n) is 9.14. The molecule has 0 spiro atoms. The quantitative estimate of drug-likeness (QED) is 0.824. The predicted molar refractivity (Wildman–Crippen MR) is 101 cm³/mol. The first kappa shape index (κ1) is 18.0. The summed E-state index contributed by atoms with van der Waals surface area (Å²) in [6.45, 7) is 4.86. The van der Waals surface area contributed by atoms with Gasteiger partial charge in [0, 0.05) is 24.3 Å². The fourth-order valence-electron chi connectivity index (χ4n) is 3.28. The highest BCUT2D eigenvalue weighted by Gasteiger charge is 2.23. The van der Waals surface area contributed by atoms with Crippen LogP contribution in [0, 0.1) is 0 Å². The van der Waals surface area contributed by atoms with E-state index in [1.54, 1.807) is 17.5 Å². The van der Waals surface area contributed by atoms with Crippen LogP contribution >= 0.6 is 11.3 Å². The van der Waals surface area contributed by atoms with E-state index in [-0.39, 0.29) is 11.9 Å². The Morgan fingerprint density at radius 1 is 1.36 bits per heavy atom.